The van der Waals surface area contributed by atoms with Gasteiger partial charge in [0.1, 0.15) is 0 Å². The fourth-order valence-corrected chi connectivity index (χ4v) is 0.553. The molecule has 0 nitrogen and oxygen atoms in total. The second kappa shape index (κ2) is 6.00. The Morgan fingerprint density at radius 3 is 2.29 bits per heavy atom. The summed E-state index contributed by atoms with van der Waals surface area (Å²) in [6, 6.07) is 0. The third-order valence-corrected chi connectivity index (χ3v) is 1.05. The van der Waals surface area contributed by atoms with Crippen molar-refractivity contribution in [2.75, 3.05) is 0 Å². The number of hydrogen-bond donors (Lipinski definition) is 0. The van der Waals surface area contributed by atoms with Gasteiger partial charge in [-0.15, -0.1) is 0 Å². The zero-order valence-electron chi connectivity index (χ0n) is 6.41. The quantitative estimate of drug-likeness (QED) is 0.510. The monoisotopic (exact) mass is 101 g/mol. The minimum Gasteiger partial charge on any atom is -0.0654 e. The van der Waals surface area contributed by atoms with Gasteiger partial charge in [-0.05, 0) is 0 Å². The summed E-state index contributed by atoms with van der Waals surface area (Å²) in [5.74, 6) is 0. The molecule has 1 atom stereocenters. The smallest absolute Gasteiger partial charge is 0.0266 e. The van der Waals surface area contributed by atoms with E-state index < -0.39 is 0 Å². The largest absolute Gasteiger partial charge is 0.0654 e. The average Bonchev–Trinajstić information content (AvgIpc) is 1.83. The number of rotatable bonds is 4. The Hall–Kier alpha value is 0. The Labute approximate surface area is 48.3 Å². The van der Waals surface area contributed by atoms with Crippen LogP contribution in [0.25, 0.3) is 0 Å². The fraction of sp³-hybridized carbons (Fsp3) is 1.00. The van der Waals surface area contributed by atoms with Crippen LogP contribution >= 0.6 is 0 Å². The first kappa shape index (κ1) is 5.14. The molecule has 0 bridgehead atoms. The second-order valence-corrected chi connectivity index (χ2v) is 1.84. The normalized spacial score (nSPS) is 16.0. The van der Waals surface area contributed by atoms with Crippen LogP contribution in [-0.4, -0.2) is 0 Å². The molecule has 0 fully saturated rings. The standard InChI is InChI=1S/C7H16/c1-3-5-7-6-4-2/h3-7H2,1-2H3/i5D. The molecule has 0 aromatic rings. The van der Waals surface area contributed by atoms with Crippen molar-refractivity contribution in [1.82, 2.24) is 0 Å². The molecule has 0 spiro atoms. The van der Waals surface area contributed by atoms with Crippen molar-refractivity contribution in [3.63, 3.8) is 0 Å². The lowest BCUT2D eigenvalue weighted by molar-refractivity contribution is 0.656. The van der Waals surface area contributed by atoms with Crippen molar-refractivity contribution in [2.24, 2.45) is 0 Å². The summed E-state index contributed by atoms with van der Waals surface area (Å²) >= 11 is 0. The molecular formula is C7H16. The van der Waals surface area contributed by atoms with Crippen LogP contribution in [0.15, 0.2) is 0 Å². The van der Waals surface area contributed by atoms with Gasteiger partial charge in [0, 0.05) is 1.37 Å². The molecule has 0 N–H and O–H groups in total. The molecule has 44 valence electrons. The van der Waals surface area contributed by atoms with E-state index in [0.29, 0.717) is 0 Å². The molecule has 0 aromatic carbocycles. The third kappa shape index (κ3) is 6.00. The molecule has 0 aliphatic carbocycles. The zero-order valence-corrected chi connectivity index (χ0v) is 5.41. The van der Waals surface area contributed by atoms with Gasteiger partial charge < -0.3 is 0 Å². The number of hydrogen-bond acceptors (Lipinski definition) is 0. The van der Waals surface area contributed by atoms with Crippen LogP contribution in [0.3, 0.4) is 0 Å². The summed E-state index contributed by atoms with van der Waals surface area (Å²) in [6.07, 6.45) is 4.76. The highest BCUT2D eigenvalue weighted by Gasteiger charge is 1.80. The third-order valence-electron chi connectivity index (χ3n) is 1.05. The lowest BCUT2D eigenvalue weighted by atomic mass is 10.2. The molecular weight excluding hydrogens is 84.1 g/mol. The van der Waals surface area contributed by atoms with Gasteiger partial charge in [-0.2, -0.15) is 0 Å². The Morgan fingerprint density at radius 2 is 1.86 bits per heavy atom. The molecule has 0 rings (SSSR count). The highest BCUT2D eigenvalue weighted by atomic mass is 13.9. The van der Waals surface area contributed by atoms with E-state index in [2.05, 4.69) is 13.8 Å². The SMILES string of the molecule is [2H]C(CC)CCCC. The van der Waals surface area contributed by atoms with Crippen molar-refractivity contribution in [2.45, 2.75) is 45.9 Å². The van der Waals surface area contributed by atoms with E-state index in [1.54, 1.807) is 0 Å². The van der Waals surface area contributed by atoms with E-state index in [1.807, 2.05) is 0 Å². The highest BCUT2D eigenvalue weighted by Crippen LogP contribution is 2.00. The maximum absolute atomic E-state index is 7.32. The zero-order chi connectivity index (χ0) is 6.41. The van der Waals surface area contributed by atoms with Crippen molar-refractivity contribution in [1.29, 1.82) is 0 Å². The Bertz CT molecular complexity index is 43.7. The van der Waals surface area contributed by atoms with E-state index >= 15 is 0 Å². The summed E-state index contributed by atoms with van der Waals surface area (Å²) < 4.78 is 7.32. The maximum atomic E-state index is 7.32. The van der Waals surface area contributed by atoms with Crippen LogP contribution < -0.4 is 0 Å². The summed E-state index contributed by atoms with van der Waals surface area (Å²) in [5, 5.41) is 0. The van der Waals surface area contributed by atoms with Crippen LogP contribution in [0.4, 0.5) is 0 Å². The molecule has 0 amide bonds. The lowest BCUT2D eigenvalue weighted by Gasteiger charge is -1.90. The van der Waals surface area contributed by atoms with Gasteiger partial charge >= 0.3 is 0 Å². The molecule has 0 radical (unpaired) electrons. The van der Waals surface area contributed by atoms with Gasteiger partial charge in [0.25, 0.3) is 0 Å². The Morgan fingerprint density at radius 1 is 1.14 bits per heavy atom. The average molecular weight is 101 g/mol. The molecule has 0 aliphatic heterocycles. The van der Waals surface area contributed by atoms with Crippen molar-refractivity contribution in [3.8, 4) is 0 Å². The molecule has 1 unspecified atom stereocenters. The molecule has 7 heavy (non-hydrogen) atoms. The van der Waals surface area contributed by atoms with Gasteiger partial charge in [0.2, 0.25) is 0 Å². The van der Waals surface area contributed by atoms with Crippen LogP contribution in [0.1, 0.15) is 47.3 Å². The van der Waals surface area contributed by atoms with Crippen LogP contribution in [0, 0.1) is 0 Å². The molecule has 0 saturated carbocycles. The minimum absolute atomic E-state index is 0.204. The van der Waals surface area contributed by atoms with Gasteiger partial charge in [-0.25, -0.2) is 0 Å². The summed E-state index contributed by atoms with van der Waals surface area (Å²) in [5.41, 5.74) is 0. The highest BCUT2D eigenvalue weighted by molar-refractivity contribution is 4.35. The van der Waals surface area contributed by atoms with Crippen molar-refractivity contribution >= 4 is 0 Å². The van der Waals surface area contributed by atoms with E-state index in [4.69, 9.17) is 1.37 Å². The Kier molecular flexibility index (Phi) is 4.41. The van der Waals surface area contributed by atoms with Gasteiger partial charge in [-0.3, -0.25) is 0 Å². The molecule has 0 saturated heterocycles. The molecule has 0 aliphatic rings. The van der Waals surface area contributed by atoms with Crippen molar-refractivity contribution in [3.05, 3.63) is 0 Å². The maximum Gasteiger partial charge on any atom is 0.0266 e. The van der Waals surface area contributed by atoms with Crippen LogP contribution in [-0.2, 0) is 0 Å². The molecule has 0 aromatic heterocycles. The number of unbranched alkanes of at least 4 members (excludes halogenated alkanes) is 1. The van der Waals surface area contributed by atoms with Crippen molar-refractivity contribution < 1.29 is 1.37 Å². The van der Waals surface area contributed by atoms with E-state index in [1.165, 1.54) is 12.8 Å². The molecule has 0 heterocycles. The predicted octanol–water partition coefficient (Wildman–Crippen LogP) is 2.98. The van der Waals surface area contributed by atoms with Gasteiger partial charge in [0.05, 0.1) is 0 Å². The first-order valence-corrected chi connectivity index (χ1v) is 3.23. The van der Waals surface area contributed by atoms with Crippen LogP contribution in [0.2, 0.25) is 0 Å². The predicted molar refractivity (Wildman–Crippen MR) is 34.4 cm³/mol. The Balaban J connectivity index is 2.86. The first-order valence-electron chi connectivity index (χ1n) is 3.81. The topological polar surface area (TPSA) is 0 Å². The van der Waals surface area contributed by atoms with Gasteiger partial charge in [-0.1, -0.05) is 45.9 Å². The summed E-state index contributed by atoms with van der Waals surface area (Å²) in [4.78, 5) is 0. The first-order chi connectivity index (χ1) is 3.81. The minimum atomic E-state index is 0.204. The van der Waals surface area contributed by atoms with Gasteiger partial charge in [0.15, 0.2) is 0 Å². The summed E-state index contributed by atoms with van der Waals surface area (Å²) in [7, 11) is 0. The van der Waals surface area contributed by atoms with Crippen LogP contribution in [0.5, 0.6) is 0 Å². The lowest BCUT2D eigenvalue weighted by Crippen LogP contribution is -1.70. The summed E-state index contributed by atoms with van der Waals surface area (Å²) in [6.45, 7) is 4.25. The molecule has 0 heteroatoms. The second-order valence-electron chi connectivity index (χ2n) is 1.84. The fourth-order valence-electron chi connectivity index (χ4n) is 0.553. The van der Waals surface area contributed by atoms with E-state index in [0.717, 1.165) is 12.8 Å². The van der Waals surface area contributed by atoms with E-state index in [9.17, 15) is 0 Å². The van der Waals surface area contributed by atoms with E-state index in [-0.39, 0.29) is 6.40 Å².